The van der Waals surface area contributed by atoms with Crippen LogP contribution in [0.2, 0.25) is 0 Å². The molecule has 7 nitrogen and oxygen atoms in total. The standard InChI is InChI=1S/C21H25N7/c1-21(13-22)8-6-14(7-9-21)16-12-24-18-19(25-16)26-27-20(18)28-11-3-4-15-17(28)5-2-10-23-15/h2,5-6,10,12H,3-4,7-9,11,13,22H2,1H3,(H,25,26,27)/t21-/m1/s1. The van der Waals surface area contributed by atoms with E-state index in [2.05, 4.69) is 39.1 Å². The van der Waals surface area contributed by atoms with Gasteiger partial charge < -0.3 is 10.6 Å². The highest BCUT2D eigenvalue weighted by Crippen LogP contribution is 2.38. The lowest BCUT2D eigenvalue weighted by Gasteiger charge is -2.31. The number of nitrogens with two attached hydrogens (primary N) is 1. The number of rotatable bonds is 3. The Morgan fingerprint density at radius 2 is 2.21 bits per heavy atom. The number of aryl methyl sites for hydroxylation is 1. The van der Waals surface area contributed by atoms with Crippen molar-refractivity contribution in [2.45, 2.75) is 39.0 Å². The molecule has 0 saturated heterocycles. The van der Waals surface area contributed by atoms with Gasteiger partial charge in [0.25, 0.3) is 0 Å². The van der Waals surface area contributed by atoms with Crippen LogP contribution >= 0.6 is 0 Å². The number of hydrogen-bond donors (Lipinski definition) is 2. The molecule has 3 N–H and O–H groups in total. The molecule has 144 valence electrons. The number of allylic oxidation sites excluding steroid dienone is 2. The van der Waals surface area contributed by atoms with Gasteiger partial charge >= 0.3 is 0 Å². The molecule has 5 rings (SSSR count). The van der Waals surface area contributed by atoms with E-state index in [1.165, 1.54) is 5.57 Å². The van der Waals surface area contributed by atoms with Crippen molar-refractivity contribution in [2.24, 2.45) is 11.1 Å². The van der Waals surface area contributed by atoms with Crippen LogP contribution in [0.25, 0.3) is 16.7 Å². The van der Waals surface area contributed by atoms with Gasteiger partial charge in [0.05, 0.1) is 23.3 Å². The molecular formula is C21H25N7. The molecule has 3 aromatic heterocycles. The van der Waals surface area contributed by atoms with E-state index in [0.29, 0.717) is 0 Å². The first-order valence-corrected chi connectivity index (χ1v) is 9.99. The predicted octanol–water partition coefficient (Wildman–Crippen LogP) is 3.36. The highest BCUT2D eigenvalue weighted by Gasteiger charge is 2.27. The zero-order valence-electron chi connectivity index (χ0n) is 16.1. The lowest BCUT2D eigenvalue weighted by molar-refractivity contribution is 0.308. The molecule has 4 heterocycles. The minimum atomic E-state index is 0.206. The maximum atomic E-state index is 5.92. The van der Waals surface area contributed by atoms with E-state index >= 15 is 0 Å². The molecule has 1 atom stereocenters. The second kappa shape index (κ2) is 6.67. The number of H-pyrrole nitrogens is 1. The predicted molar refractivity (Wildman–Crippen MR) is 110 cm³/mol. The Hall–Kier alpha value is -2.80. The third kappa shape index (κ3) is 2.86. The zero-order chi connectivity index (χ0) is 19.1. The molecule has 0 saturated carbocycles. The third-order valence-corrected chi connectivity index (χ3v) is 6.12. The summed E-state index contributed by atoms with van der Waals surface area (Å²) in [5.74, 6) is 0.830. The van der Waals surface area contributed by atoms with Gasteiger partial charge in [0.2, 0.25) is 0 Å². The topological polar surface area (TPSA) is 96.6 Å². The van der Waals surface area contributed by atoms with E-state index in [1.807, 2.05) is 18.5 Å². The number of nitrogens with one attached hydrogen (secondary N) is 1. The van der Waals surface area contributed by atoms with Crippen LogP contribution in [-0.2, 0) is 6.42 Å². The first-order valence-electron chi connectivity index (χ1n) is 9.99. The lowest BCUT2D eigenvalue weighted by Crippen LogP contribution is -2.28. The monoisotopic (exact) mass is 375 g/mol. The molecule has 1 aliphatic heterocycles. The zero-order valence-corrected chi connectivity index (χ0v) is 16.1. The number of pyridine rings is 1. The Bertz CT molecular complexity index is 1050. The Balaban J connectivity index is 1.49. The summed E-state index contributed by atoms with van der Waals surface area (Å²) in [6, 6.07) is 4.07. The van der Waals surface area contributed by atoms with E-state index in [4.69, 9.17) is 15.7 Å². The van der Waals surface area contributed by atoms with Crippen molar-refractivity contribution >= 4 is 28.2 Å². The van der Waals surface area contributed by atoms with E-state index in [0.717, 1.165) is 79.3 Å². The van der Waals surface area contributed by atoms with Crippen LogP contribution in [0.5, 0.6) is 0 Å². The van der Waals surface area contributed by atoms with E-state index in [1.54, 1.807) is 0 Å². The summed E-state index contributed by atoms with van der Waals surface area (Å²) >= 11 is 0. The van der Waals surface area contributed by atoms with Crippen LogP contribution in [0, 0.1) is 5.41 Å². The van der Waals surface area contributed by atoms with Crippen LogP contribution in [-0.4, -0.2) is 38.2 Å². The average Bonchev–Trinajstić information content (AvgIpc) is 3.17. The highest BCUT2D eigenvalue weighted by atomic mass is 15.3. The summed E-state index contributed by atoms with van der Waals surface area (Å²) in [7, 11) is 0. The van der Waals surface area contributed by atoms with Crippen molar-refractivity contribution in [1.29, 1.82) is 0 Å². The van der Waals surface area contributed by atoms with Crippen molar-refractivity contribution in [3.05, 3.63) is 42.0 Å². The lowest BCUT2D eigenvalue weighted by atomic mass is 9.76. The van der Waals surface area contributed by atoms with E-state index < -0.39 is 0 Å². The minimum absolute atomic E-state index is 0.206. The molecule has 0 bridgehead atoms. The minimum Gasteiger partial charge on any atom is -0.330 e. The smallest absolute Gasteiger partial charge is 0.183 e. The van der Waals surface area contributed by atoms with E-state index in [9.17, 15) is 0 Å². The summed E-state index contributed by atoms with van der Waals surface area (Å²) in [5, 5.41) is 7.64. The number of anilines is 2. The number of aromatic nitrogens is 5. The summed E-state index contributed by atoms with van der Waals surface area (Å²) in [6.45, 7) is 3.88. The fraction of sp³-hybridized carbons (Fsp3) is 0.429. The van der Waals surface area contributed by atoms with Crippen molar-refractivity contribution in [2.75, 3.05) is 18.0 Å². The van der Waals surface area contributed by atoms with Gasteiger partial charge in [0, 0.05) is 12.7 Å². The van der Waals surface area contributed by atoms with Gasteiger partial charge in [-0.15, -0.1) is 0 Å². The second-order valence-electron chi connectivity index (χ2n) is 8.17. The molecule has 7 heteroatoms. The third-order valence-electron chi connectivity index (χ3n) is 6.12. The molecule has 0 unspecified atom stereocenters. The maximum Gasteiger partial charge on any atom is 0.183 e. The van der Waals surface area contributed by atoms with Crippen LogP contribution in [0.15, 0.2) is 30.6 Å². The van der Waals surface area contributed by atoms with Gasteiger partial charge in [0.15, 0.2) is 17.0 Å². The first kappa shape index (κ1) is 17.3. The van der Waals surface area contributed by atoms with Gasteiger partial charge in [-0.3, -0.25) is 10.1 Å². The normalized spacial score (nSPS) is 22.2. The van der Waals surface area contributed by atoms with Gasteiger partial charge in [-0.25, -0.2) is 9.97 Å². The van der Waals surface area contributed by atoms with Crippen molar-refractivity contribution in [1.82, 2.24) is 25.1 Å². The molecule has 0 aromatic carbocycles. The fourth-order valence-corrected chi connectivity index (χ4v) is 4.17. The van der Waals surface area contributed by atoms with Gasteiger partial charge in [-0.05, 0) is 61.8 Å². The van der Waals surface area contributed by atoms with Crippen molar-refractivity contribution in [3.8, 4) is 0 Å². The Kier molecular flexibility index (Phi) is 4.12. The van der Waals surface area contributed by atoms with Crippen LogP contribution in [0.1, 0.15) is 44.0 Å². The van der Waals surface area contributed by atoms with Crippen LogP contribution in [0.3, 0.4) is 0 Å². The van der Waals surface area contributed by atoms with Gasteiger partial charge in [-0.1, -0.05) is 13.0 Å². The molecule has 0 spiro atoms. The molecular weight excluding hydrogens is 350 g/mol. The SMILES string of the molecule is C[C@@]1(CN)CC=C(c2cnc3c(N4CCCc5ncccc54)n[nH]c3n2)CC1. The molecule has 3 aromatic rings. The summed E-state index contributed by atoms with van der Waals surface area (Å²) in [6.07, 6.45) is 11.1. The van der Waals surface area contributed by atoms with Crippen LogP contribution in [0.4, 0.5) is 11.5 Å². The Morgan fingerprint density at radius 1 is 1.29 bits per heavy atom. The fourth-order valence-electron chi connectivity index (χ4n) is 4.17. The van der Waals surface area contributed by atoms with Crippen molar-refractivity contribution in [3.63, 3.8) is 0 Å². The molecule has 2 aliphatic rings. The summed E-state index contributed by atoms with van der Waals surface area (Å²) in [4.78, 5) is 16.3. The molecule has 0 radical (unpaired) electrons. The number of hydrogen-bond acceptors (Lipinski definition) is 6. The summed E-state index contributed by atoms with van der Waals surface area (Å²) in [5.41, 5.74) is 12.1. The second-order valence-corrected chi connectivity index (χ2v) is 8.17. The van der Waals surface area contributed by atoms with Gasteiger partial charge in [-0.2, -0.15) is 5.10 Å². The molecule has 1 aliphatic carbocycles. The highest BCUT2D eigenvalue weighted by molar-refractivity contribution is 5.87. The van der Waals surface area contributed by atoms with Crippen LogP contribution < -0.4 is 10.6 Å². The van der Waals surface area contributed by atoms with Crippen molar-refractivity contribution < 1.29 is 0 Å². The Morgan fingerprint density at radius 3 is 3.04 bits per heavy atom. The number of aromatic amines is 1. The quantitative estimate of drug-likeness (QED) is 0.729. The largest absolute Gasteiger partial charge is 0.330 e. The number of fused-ring (bicyclic) bond motifs is 2. The molecule has 0 amide bonds. The van der Waals surface area contributed by atoms with E-state index in [-0.39, 0.29) is 5.41 Å². The average molecular weight is 375 g/mol. The first-order chi connectivity index (χ1) is 13.7. The molecule has 0 fully saturated rings. The maximum absolute atomic E-state index is 5.92. The summed E-state index contributed by atoms with van der Waals surface area (Å²) < 4.78 is 0. The molecule has 28 heavy (non-hydrogen) atoms. The number of nitrogens with zero attached hydrogens (tertiary/aromatic N) is 5. The Labute approximate surface area is 164 Å². The van der Waals surface area contributed by atoms with Gasteiger partial charge in [0.1, 0.15) is 0 Å².